The van der Waals surface area contributed by atoms with Crippen molar-refractivity contribution in [1.29, 1.82) is 5.26 Å². The maximum Gasteiger partial charge on any atom is 0.298 e. The maximum atomic E-state index is 12.8. The summed E-state index contributed by atoms with van der Waals surface area (Å²) in [5, 5.41) is 56.7. The van der Waals surface area contributed by atoms with Gasteiger partial charge in [0.15, 0.2) is 17.1 Å². The molecular formula is C41H32N10O16S5. The number of hydrogen-bond acceptors (Lipinski definition) is 22. The van der Waals surface area contributed by atoms with E-state index in [4.69, 9.17) is 9.47 Å². The lowest BCUT2D eigenvalue weighted by molar-refractivity contribution is 0.317. The van der Waals surface area contributed by atoms with Crippen molar-refractivity contribution in [2.24, 2.45) is 30.7 Å². The predicted molar refractivity (Wildman–Crippen MR) is 255 cm³/mol. The van der Waals surface area contributed by atoms with Crippen LogP contribution < -0.4 is 9.47 Å². The molecule has 0 aliphatic rings. The molecule has 72 heavy (non-hydrogen) atoms. The van der Waals surface area contributed by atoms with Crippen LogP contribution in [0, 0.1) is 25.2 Å². The van der Waals surface area contributed by atoms with Crippen molar-refractivity contribution in [3.8, 4) is 29.2 Å². The van der Waals surface area contributed by atoms with Gasteiger partial charge in [0.05, 0.1) is 46.4 Å². The van der Waals surface area contributed by atoms with E-state index in [1.54, 1.807) is 24.3 Å². The van der Waals surface area contributed by atoms with Crippen molar-refractivity contribution in [2.75, 3.05) is 19.5 Å². The molecule has 3 aromatic heterocycles. The van der Waals surface area contributed by atoms with Crippen molar-refractivity contribution in [3.05, 3.63) is 83.4 Å². The van der Waals surface area contributed by atoms with Gasteiger partial charge in [0.25, 0.3) is 40.5 Å². The summed E-state index contributed by atoms with van der Waals surface area (Å²) in [6.45, 7) is 2.57. The Morgan fingerprint density at radius 1 is 0.708 bits per heavy atom. The molecule has 6 N–H and O–H groups in total. The fraction of sp³-hybridized carbons (Fsp3) is 0.146. The lowest BCUT2D eigenvalue weighted by Crippen LogP contribution is -2.08. The van der Waals surface area contributed by atoms with Gasteiger partial charge in [0.2, 0.25) is 11.0 Å². The number of hydrogen-bond donors (Lipinski definition) is 6. The van der Waals surface area contributed by atoms with Gasteiger partial charge >= 0.3 is 0 Å². The van der Waals surface area contributed by atoms with E-state index in [0.717, 1.165) is 23.5 Å². The lowest BCUT2D eigenvalue weighted by Gasteiger charge is -2.13. The van der Waals surface area contributed by atoms with Gasteiger partial charge in [0, 0.05) is 23.1 Å². The number of nitrogens with zero attached hydrogens (tertiary/aromatic N) is 10. The van der Waals surface area contributed by atoms with Crippen molar-refractivity contribution >= 4 is 123 Å². The van der Waals surface area contributed by atoms with Gasteiger partial charge in [-0.25, -0.2) is 9.97 Å². The summed E-state index contributed by atoms with van der Waals surface area (Å²) in [5.41, 5.74) is -0.704. The normalized spacial score (nSPS) is 12.9. The van der Waals surface area contributed by atoms with Crippen LogP contribution in [0.1, 0.15) is 23.1 Å². The standard InChI is InChI=1S/C41H32N10O16S5/c1-19-11-26(30(67-9-6-10-69(54,55)56)15-25(19)45-50-41-44-27-16-34(71(60,61)62)31(66-3)17-32(27)68-41)46-49-37-35(72(63,64)65)13-21-12-33(70(57,58)59)28(14-22(21)38(37)52)47-48-36-20(2)23(18-42)39-43-24-7-4-5-8-29(24)51(39)40(36)53/h4-5,7-8,11-17,52-53H,6,9-10H2,1-3H3,(H,54,55,56)(H,57,58,59)(H,60,61,62)(H,63,64,65). The molecule has 0 radical (unpaired) electrons. The largest absolute Gasteiger partial charge is 0.505 e. The smallest absolute Gasteiger partial charge is 0.298 e. The molecule has 0 aliphatic carbocycles. The topological polar surface area (TPSA) is 405 Å². The molecule has 372 valence electrons. The Morgan fingerprint density at radius 2 is 1.36 bits per heavy atom. The van der Waals surface area contributed by atoms with Gasteiger partial charge in [-0.2, -0.15) is 38.9 Å². The number of fused-ring (bicyclic) bond motifs is 5. The molecule has 31 heteroatoms. The van der Waals surface area contributed by atoms with Crippen LogP contribution in [0.5, 0.6) is 23.1 Å². The zero-order chi connectivity index (χ0) is 52.2. The summed E-state index contributed by atoms with van der Waals surface area (Å²) in [6, 6.07) is 15.9. The summed E-state index contributed by atoms with van der Waals surface area (Å²) < 4.78 is 150. The minimum Gasteiger partial charge on any atom is -0.505 e. The molecule has 0 bridgehead atoms. The van der Waals surface area contributed by atoms with E-state index in [0.29, 0.717) is 33.4 Å². The Bertz CT molecular complexity index is 4230. The molecule has 0 saturated carbocycles. The number of aryl methyl sites for hydroxylation is 1. The van der Waals surface area contributed by atoms with Crippen LogP contribution in [0.4, 0.5) is 33.6 Å². The zero-order valence-electron chi connectivity index (χ0n) is 36.8. The highest BCUT2D eigenvalue weighted by Crippen LogP contribution is 2.46. The molecule has 8 rings (SSSR count). The SMILES string of the molecule is COc1cc2sc(N=Nc3cc(OCCCS(=O)(=O)O)c(N=Nc4c(S(=O)(=O)O)cc5cc(S(=O)(=O)O)c(N=Nc6c(C)c(C#N)c7nc8ccccc8n7c6O)cc5c4O)cc3C)nc2cc1S(=O)(=O)O. The first kappa shape index (κ1) is 50.7. The lowest BCUT2D eigenvalue weighted by atomic mass is 10.1. The summed E-state index contributed by atoms with van der Waals surface area (Å²) in [6.07, 6.45) is -0.252. The summed E-state index contributed by atoms with van der Waals surface area (Å²) in [5.74, 6) is -2.66. The fourth-order valence-corrected chi connectivity index (χ4v) is 10.4. The highest BCUT2D eigenvalue weighted by molar-refractivity contribution is 7.86. The van der Waals surface area contributed by atoms with Crippen molar-refractivity contribution in [1.82, 2.24) is 14.4 Å². The predicted octanol–water partition coefficient (Wildman–Crippen LogP) is 8.80. The third kappa shape index (κ3) is 10.1. The molecule has 0 saturated heterocycles. The average molecular weight is 1080 g/mol. The van der Waals surface area contributed by atoms with Gasteiger partial charge in [-0.15, -0.1) is 30.7 Å². The maximum absolute atomic E-state index is 12.8. The van der Waals surface area contributed by atoms with E-state index in [1.165, 1.54) is 43.6 Å². The van der Waals surface area contributed by atoms with E-state index in [1.807, 2.05) is 6.07 Å². The van der Waals surface area contributed by atoms with Crippen LogP contribution >= 0.6 is 11.3 Å². The number of methoxy groups -OCH3 is 1. The Kier molecular flexibility index (Phi) is 13.3. The number of rotatable bonds is 15. The molecule has 0 fully saturated rings. The number of thiazole rings is 1. The van der Waals surface area contributed by atoms with Crippen molar-refractivity contribution in [3.63, 3.8) is 0 Å². The first-order chi connectivity index (χ1) is 33.8. The molecule has 0 atom stereocenters. The van der Waals surface area contributed by atoms with Crippen LogP contribution in [-0.4, -0.2) is 95.9 Å². The van der Waals surface area contributed by atoms with Gasteiger partial charge in [-0.05, 0) is 73.7 Å². The highest BCUT2D eigenvalue weighted by Gasteiger charge is 2.27. The van der Waals surface area contributed by atoms with Gasteiger partial charge < -0.3 is 19.7 Å². The number of pyridine rings is 1. The van der Waals surface area contributed by atoms with Crippen LogP contribution in [0.15, 0.2) is 112 Å². The summed E-state index contributed by atoms with van der Waals surface area (Å²) in [7, 11) is -18.5. The summed E-state index contributed by atoms with van der Waals surface area (Å²) >= 11 is 0.973. The molecule has 0 spiro atoms. The second-order valence-corrected chi connectivity index (χ2v) is 22.0. The number of aromatic nitrogens is 3. The minimum atomic E-state index is -5.34. The minimum absolute atomic E-state index is 0.0160. The summed E-state index contributed by atoms with van der Waals surface area (Å²) in [4.78, 5) is 6.05. The molecule has 3 heterocycles. The van der Waals surface area contributed by atoms with E-state index < -0.39 is 89.3 Å². The van der Waals surface area contributed by atoms with Gasteiger partial charge in [-0.1, -0.05) is 23.5 Å². The number of benzene rings is 5. The van der Waals surface area contributed by atoms with Gasteiger partial charge in [0.1, 0.15) is 54.9 Å². The molecule has 8 aromatic rings. The monoisotopic (exact) mass is 1080 g/mol. The molecule has 26 nitrogen and oxygen atoms in total. The quantitative estimate of drug-likeness (QED) is 0.0317. The number of aromatic hydroxyl groups is 2. The second-order valence-electron chi connectivity index (χ2n) is 15.2. The molecule has 5 aromatic carbocycles. The van der Waals surface area contributed by atoms with E-state index >= 15 is 0 Å². The first-order valence-corrected chi connectivity index (χ1v) is 26.8. The van der Waals surface area contributed by atoms with E-state index in [-0.39, 0.29) is 74.4 Å². The van der Waals surface area contributed by atoms with Crippen LogP contribution in [0.3, 0.4) is 0 Å². The second kappa shape index (κ2) is 18.8. The average Bonchev–Trinajstić information content (AvgIpc) is 3.89. The Hall–Kier alpha value is -7.67. The molecule has 0 amide bonds. The van der Waals surface area contributed by atoms with Crippen molar-refractivity contribution in [2.45, 2.75) is 35.0 Å². The number of ether oxygens (including phenoxy) is 2. The number of phenols is 1. The zero-order valence-corrected chi connectivity index (χ0v) is 40.8. The number of phenolic OH excluding ortho intramolecular Hbond substituents is 1. The number of azo groups is 3. The van der Waals surface area contributed by atoms with Crippen LogP contribution in [0.2, 0.25) is 0 Å². The van der Waals surface area contributed by atoms with Crippen LogP contribution in [0.25, 0.3) is 37.7 Å². The van der Waals surface area contributed by atoms with Gasteiger partial charge in [-0.3, -0.25) is 22.6 Å². The third-order valence-electron chi connectivity index (χ3n) is 10.5. The van der Waals surface area contributed by atoms with E-state index in [9.17, 15) is 67.4 Å². The van der Waals surface area contributed by atoms with Crippen molar-refractivity contribution < 1.29 is 71.6 Å². The molecule has 0 aliphatic heterocycles. The first-order valence-electron chi connectivity index (χ1n) is 20.0. The molecular weight excluding hydrogens is 1050 g/mol. The fourth-order valence-electron chi connectivity index (χ4n) is 7.18. The number of imidazole rings is 1. The van der Waals surface area contributed by atoms with Crippen LogP contribution in [-0.2, 0) is 40.5 Å². The molecule has 0 unspecified atom stereocenters. The Morgan fingerprint density at radius 3 is 2.03 bits per heavy atom. The number of para-hydroxylation sites is 2. The Labute approximate surface area is 409 Å². The number of nitriles is 1. The third-order valence-corrected chi connectivity index (χ3v) is 14.8. The Balaban J connectivity index is 1.23. The highest BCUT2D eigenvalue weighted by atomic mass is 32.2. The van der Waals surface area contributed by atoms with E-state index in [2.05, 4.69) is 40.7 Å².